The second-order valence-electron chi connectivity index (χ2n) is 10.3. The first-order valence-corrected chi connectivity index (χ1v) is 16.0. The number of thioether (sulfide) groups is 1. The number of aromatic nitrogens is 3. The fraction of sp³-hybridized carbons (Fsp3) is 0.182. The molecular weight excluding hydrogens is 612 g/mol. The van der Waals surface area contributed by atoms with Crippen molar-refractivity contribution in [3.63, 3.8) is 0 Å². The van der Waals surface area contributed by atoms with Gasteiger partial charge in [0, 0.05) is 12.0 Å². The van der Waals surface area contributed by atoms with Crippen LogP contribution in [0.1, 0.15) is 44.6 Å². The lowest BCUT2D eigenvalue weighted by Gasteiger charge is -2.22. The van der Waals surface area contributed by atoms with Gasteiger partial charge in [0.2, 0.25) is 0 Å². The lowest BCUT2D eigenvalue weighted by atomic mass is 10.0. The maximum atomic E-state index is 13.7. The van der Waals surface area contributed by atoms with E-state index >= 15 is 0 Å². The van der Waals surface area contributed by atoms with Gasteiger partial charge in [-0.1, -0.05) is 59.8 Å². The smallest absolute Gasteiger partial charge is 0.253 e. The number of nitrogens with zero attached hydrogens (tertiary/aromatic N) is 5. The first kappa shape index (κ1) is 30.2. The number of carbonyl (C=O) groups is 2. The molecule has 6 rings (SSSR count). The first-order chi connectivity index (χ1) is 21.9. The number of rotatable bonds is 10. The Kier molecular flexibility index (Phi) is 9.03. The van der Waals surface area contributed by atoms with Crippen molar-refractivity contribution in [3.8, 4) is 11.4 Å². The third-order valence-corrected chi connectivity index (χ3v) is 9.10. The molecule has 0 aliphatic carbocycles. The summed E-state index contributed by atoms with van der Waals surface area (Å²) in [6.07, 6.45) is 0.519. The van der Waals surface area contributed by atoms with Gasteiger partial charge in [-0.2, -0.15) is 5.10 Å². The largest absolute Gasteiger partial charge is 0.495 e. The number of thiophene rings is 1. The molecule has 0 fully saturated rings. The molecule has 1 aliphatic heterocycles. The van der Waals surface area contributed by atoms with Gasteiger partial charge in [0.1, 0.15) is 11.6 Å². The van der Waals surface area contributed by atoms with Gasteiger partial charge < -0.3 is 10.1 Å². The highest BCUT2D eigenvalue weighted by molar-refractivity contribution is 7.99. The van der Waals surface area contributed by atoms with Crippen LogP contribution in [-0.4, -0.2) is 50.2 Å². The van der Waals surface area contributed by atoms with Gasteiger partial charge in [0.15, 0.2) is 11.0 Å². The van der Waals surface area contributed by atoms with E-state index in [1.165, 1.54) is 28.9 Å². The minimum atomic E-state index is -0.365. The van der Waals surface area contributed by atoms with Gasteiger partial charge in [0.05, 0.1) is 41.7 Å². The summed E-state index contributed by atoms with van der Waals surface area (Å²) in [5, 5.41) is 20.3. The molecule has 12 heteroatoms. The van der Waals surface area contributed by atoms with Crippen LogP contribution in [0.5, 0.6) is 5.75 Å². The van der Waals surface area contributed by atoms with Gasteiger partial charge in [-0.25, -0.2) is 9.40 Å². The third kappa shape index (κ3) is 6.66. The Labute approximate surface area is 267 Å². The molecule has 0 saturated carbocycles. The van der Waals surface area contributed by atoms with E-state index < -0.39 is 0 Å². The molecule has 228 valence electrons. The Morgan fingerprint density at radius 1 is 1.04 bits per heavy atom. The monoisotopic (exact) mass is 640 g/mol. The van der Waals surface area contributed by atoms with Crippen molar-refractivity contribution in [1.82, 2.24) is 25.1 Å². The molecule has 0 spiro atoms. The van der Waals surface area contributed by atoms with Crippen molar-refractivity contribution in [3.05, 3.63) is 124 Å². The highest BCUT2D eigenvalue weighted by Gasteiger charge is 2.34. The van der Waals surface area contributed by atoms with Crippen LogP contribution in [-0.2, 0) is 11.3 Å². The Balaban J connectivity index is 1.26. The number of methoxy groups -OCH3 is 1. The average molecular weight is 641 g/mol. The van der Waals surface area contributed by atoms with E-state index in [1.54, 1.807) is 41.2 Å². The Bertz CT molecular complexity index is 1860. The quantitative estimate of drug-likeness (QED) is 0.183. The maximum Gasteiger partial charge on any atom is 0.253 e. The number of amides is 2. The van der Waals surface area contributed by atoms with Gasteiger partial charge in [-0.3, -0.25) is 14.2 Å². The number of ether oxygens (including phenoxy) is 1. The molecule has 1 aliphatic rings. The van der Waals surface area contributed by atoms with E-state index in [4.69, 9.17) is 9.84 Å². The van der Waals surface area contributed by atoms with Gasteiger partial charge in [-0.05, 0) is 60.3 Å². The normalized spacial score (nSPS) is 14.3. The lowest BCUT2D eigenvalue weighted by Crippen LogP contribution is -2.28. The number of carbonyl (C=O) groups excluding carboxylic acids is 2. The molecule has 3 aromatic carbocycles. The molecule has 1 unspecified atom stereocenters. The number of hydrogen-bond acceptors (Lipinski definition) is 8. The SMILES string of the molecule is COc1ccccc1-n1c(CNC(=O)c2cccc(C)c2)nnc1SCC(=O)N1N=C(c2cccs2)CC1c1ccc(F)cc1. The molecule has 0 radical (unpaired) electrons. The second kappa shape index (κ2) is 13.4. The van der Waals surface area contributed by atoms with Gasteiger partial charge in [-0.15, -0.1) is 21.5 Å². The van der Waals surface area contributed by atoms with Crippen LogP contribution in [0, 0.1) is 12.7 Å². The molecule has 5 aromatic rings. The van der Waals surface area contributed by atoms with E-state index in [-0.39, 0.29) is 36.0 Å². The fourth-order valence-corrected chi connectivity index (χ4v) is 6.62. The Morgan fingerprint density at radius 3 is 2.62 bits per heavy atom. The zero-order valence-electron chi connectivity index (χ0n) is 24.5. The number of halogens is 1. The highest BCUT2D eigenvalue weighted by atomic mass is 32.2. The summed E-state index contributed by atoms with van der Waals surface area (Å²) in [6, 6.07) is 24.5. The zero-order chi connectivity index (χ0) is 31.3. The van der Waals surface area contributed by atoms with Crippen LogP contribution < -0.4 is 10.1 Å². The number of benzene rings is 3. The van der Waals surface area contributed by atoms with Crippen LogP contribution in [0.2, 0.25) is 0 Å². The lowest BCUT2D eigenvalue weighted by molar-refractivity contribution is -0.130. The summed E-state index contributed by atoms with van der Waals surface area (Å²) in [5.41, 5.74) is 3.80. The van der Waals surface area contributed by atoms with Crippen LogP contribution in [0.3, 0.4) is 0 Å². The minimum absolute atomic E-state index is 0.0157. The summed E-state index contributed by atoms with van der Waals surface area (Å²) in [6.45, 7) is 2.03. The number of nitrogens with one attached hydrogen (secondary N) is 1. The second-order valence-corrected chi connectivity index (χ2v) is 12.2. The topological polar surface area (TPSA) is 102 Å². The Morgan fingerprint density at radius 2 is 1.87 bits per heavy atom. The summed E-state index contributed by atoms with van der Waals surface area (Å²) >= 11 is 2.77. The van der Waals surface area contributed by atoms with Crippen molar-refractivity contribution < 1.29 is 18.7 Å². The van der Waals surface area contributed by atoms with Crippen molar-refractivity contribution >= 4 is 40.6 Å². The zero-order valence-corrected chi connectivity index (χ0v) is 26.1. The molecule has 9 nitrogen and oxygen atoms in total. The first-order valence-electron chi connectivity index (χ1n) is 14.2. The van der Waals surface area contributed by atoms with Crippen molar-refractivity contribution in [1.29, 1.82) is 0 Å². The van der Waals surface area contributed by atoms with Crippen LogP contribution in [0.25, 0.3) is 5.69 Å². The van der Waals surface area contributed by atoms with E-state index in [1.807, 2.05) is 66.9 Å². The summed E-state index contributed by atoms with van der Waals surface area (Å²) in [4.78, 5) is 27.6. The molecule has 2 amide bonds. The van der Waals surface area contributed by atoms with E-state index in [0.717, 1.165) is 21.7 Å². The molecule has 1 N–H and O–H groups in total. The average Bonchev–Trinajstić information content (AvgIpc) is 3.83. The maximum absolute atomic E-state index is 13.7. The molecular formula is C33H29FN6O3S2. The molecule has 0 saturated heterocycles. The van der Waals surface area contributed by atoms with E-state index in [2.05, 4.69) is 15.5 Å². The fourth-order valence-electron chi connectivity index (χ4n) is 5.08. The predicted octanol–water partition coefficient (Wildman–Crippen LogP) is 6.18. The molecule has 0 bridgehead atoms. The van der Waals surface area contributed by atoms with Gasteiger partial charge >= 0.3 is 0 Å². The van der Waals surface area contributed by atoms with Crippen LogP contribution >= 0.6 is 23.1 Å². The molecule has 2 aromatic heterocycles. The van der Waals surface area contributed by atoms with Crippen molar-refractivity contribution in [2.45, 2.75) is 31.1 Å². The molecule has 1 atom stereocenters. The highest BCUT2D eigenvalue weighted by Crippen LogP contribution is 2.35. The standard InChI is InChI=1S/C33H29FN6O3S2/c1-21-7-5-8-23(17-21)32(42)35-19-30-36-37-33(39(30)26-9-3-4-10-28(26)43-2)45-20-31(41)40-27(22-12-14-24(34)15-13-22)18-25(38-40)29-11-6-16-44-29/h3-17,27H,18-20H2,1-2H3,(H,35,42). The predicted molar refractivity (Wildman–Crippen MR) is 172 cm³/mol. The summed E-state index contributed by atoms with van der Waals surface area (Å²) < 4.78 is 21.1. The molecule has 45 heavy (non-hydrogen) atoms. The number of hydrogen-bond donors (Lipinski definition) is 1. The number of aryl methyl sites for hydroxylation is 1. The van der Waals surface area contributed by atoms with Gasteiger partial charge in [0.25, 0.3) is 11.8 Å². The molecule has 3 heterocycles. The summed E-state index contributed by atoms with van der Waals surface area (Å²) in [7, 11) is 1.57. The third-order valence-electron chi connectivity index (χ3n) is 7.26. The van der Waals surface area contributed by atoms with Crippen LogP contribution in [0.15, 0.2) is 101 Å². The van der Waals surface area contributed by atoms with Crippen LogP contribution in [0.4, 0.5) is 4.39 Å². The Hall–Kier alpha value is -4.81. The van der Waals surface area contributed by atoms with Crippen molar-refractivity contribution in [2.75, 3.05) is 12.9 Å². The van der Waals surface area contributed by atoms with E-state index in [9.17, 15) is 14.0 Å². The van der Waals surface area contributed by atoms with Crippen molar-refractivity contribution in [2.24, 2.45) is 5.10 Å². The number of hydrazone groups is 1. The minimum Gasteiger partial charge on any atom is -0.495 e. The number of para-hydroxylation sites is 2. The van der Waals surface area contributed by atoms with E-state index in [0.29, 0.717) is 34.4 Å². The summed E-state index contributed by atoms with van der Waals surface area (Å²) in [5.74, 6) is 0.257.